The van der Waals surface area contributed by atoms with E-state index in [0.717, 1.165) is 12.8 Å². The van der Waals surface area contributed by atoms with Crippen LogP contribution in [-0.4, -0.2) is 19.0 Å². The average molecular weight is 156 g/mol. The zero-order chi connectivity index (χ0) is 8.69. The van der Waals surface area contributed by atoms with Crippen LogP contribution in [0.3, 0.4) is 0 Å². The van der Waals surface area contributed by atoms with Gasteiger partial charge in [0, 0.05) is 13.5 Å². The number of ether oxygens (including phenoxy) is 1. The molecule has 1 unspecified atom stereocenters. The number of methoxy groups -OCH3 is 1. The molecule has 0 saturated heterocycles. The van der Waals surface area contributed by atoms with Gasteiger partial charge in [0.15, 0.2) is 0 Å². The maximum atomic E-state index is 10.5. The topological polar surface area (TPSA) is 26.3 Å². The lowest BCUT2D eigenvalue weighted by atomic mass is 10.1. The maximum absolute atomic E-state index is 10.5. The van der Waals surface area contributed by atoms with Gasteiger partial charge in [-0.3, -0.25) is 0 Å². The summed E-state index contributed by atoms with van der Waals surface area (Å²) in [6.45, 7) is 5.23. The number of hydrogen-bond acceptors (Lipinski definition) is 2. The van der Waals surface area contributed by atoms with Gasteiger partial charge >= 0.3 is 0 Å². The van der Waals surface area contributed by atoms with Crippen molar-refractivity contribution in [3.63, 3.8) is 0 Å². The van der Waals surface area contributed by atoms with Crippen molar-refractivity contribution < 1.29 is 9.53 Å². The molecule has 2 nitrogen and oxygen atoms in total. The van der Waals surface area contributed by atoms with Crippen molar-refractivity contribution >= 4 is 5.78 Å². The first-order valence-corrected chi connectivity index (χ1v) is 3.85. The predicted octanol–water partition coefficient (Wildman–Crippen LogP) is 1.95. The number of hydrogen-bond donors (Lipinski definition) is 0. The number of rotatable bonds is 6. The van der Waals surface area contributed by atoms with Crippen LogP contribution < -0.4 is 0 Å². The lowest BCUT2D eigenvalue weighted by Crippen LogP contribution is -2.06. The number of carbonyl (C=O) groups is 1. The first-order chi connectivity index (χ1) is 5.20. The van der Waals surface area contributed by atoms with E-state index in [0.29, 0.717) is 6.42 Å². The van der Waals surface area contributed by atoms with Crippen LogP contribution in [0.1, 0.15) is 26.2 Å². The van der Waals surface area contributed by atoms with E-state index in [4.69, 9.17) is 4.74 Å². The molecule has 0 amide bonds. The highest BCUT2D eigenvalue weighted by Gasteiger charge is 2.01. The van der Waals surface area contributed by atoms with Crippen LogP contribution in [-0.2, 0) is 9.53 Å². The van der Waals surface area contributed by atoms with E-state index >= 15 is 0 Å². The smallest absolute Gasteiger partial charge is 0.129 e. The lowest BCUT2D eigenvalue weighted by Gasteiger charge is -2.08. The minimum absolute atomic E-state index is 0.106. The normalized spacial score (nSPS) is 12.5. The van der Waals surface area contributed by atoms with Gasteiger partial charge in [0.1, 0.15) is 5.78 Å². The summed E-state index contributed by atoms with van der Waals surface area (Å²) in [4.78, 5) is 10.5. The summed E-state index contributed by atoms with van der Waals surface area (Å²) in [5, 5.41) is 0. The maximum Gasteiger partial charge on any atom is 0.129 e. The Morgan fingerprint density at radius 1 is 1.73 bits per heavy atom. The van der Waals surface area contributed by atoms with Crippen molar-refractivity contribution in [2.24, 2.45) is 0 Å². The van der Waals surface area contributed by atoms with Crippen LogP contribution in [0, 0.1) is 0 Å². The van der Waals surface area contributed by atoms with Gasteiger partial charge in [0.2, 0.25) is 0 Å². The van der Waals surface area contributed by atoms with Gasteiger partial charge in [0.25, 0.3) is 0 Å². The Bertz CT molecular complexity index is 130. The molecule has 0 aliphatic heterocycles. The third-order valence-corrected chi connectivity index (χ3v) is 1.58. The van der Waals surface area contributed by atoms with Crippen LogP contribution in [0.5, 0.6) is 0 Å². The molecule has 64 valence electrons. The van der Waals surface area contributed by atoms with E-state index in [1.54, 1.807) is 20.1 Å². The number of carbonyl (C=O) groups excluding carboxylic acids is 1. The first kappa shape index (κ1) is 10.4. The molecule has 0 saturated carbocycles. The fraction of sp³-hybridized carbons (Fsp3) is 0.667. The Kier molecular flexibility index (Phi) is 5.75. The molecule has 0 rings (SSSR count). The van der Waals surface area contributed by atoms with Crippen LogP contribution in [0.25, 0.3) is 0 Å². The highest BCUT2D eigenvalue weighted by atomic mass is 16.5. The lowest BCUT2D eigenvalue weighted by molar-refractivity contribution is -0.117. The molecule has 0 aliphatic rings. The molecular formula is C9H16O2. The molecule has 0 aliphatic carbocycles. The second-order valence-electron chi connectivity index (χ2n) is 2.60. The Morgan fingerprint density at radius 2 is 2.36 bits per heavy atom. The van der Waals surface area contributed by atoms with Crippen molar-refractivity contribution in [1.29, 1.82) is 0 Å². The van der Waals surface area contributed by atoms with Crippen LogP contribution in [0.2, 0.25) is 0 Å². The van der Waals surface area contributed by atoms with E-state index in [1.165, 1.54) is 0 Å². The van der Waals surface area contributed by atoms with Crippen molar-refractivity contribution in [3.05, 3.63) is 12.7 Å². The third-order valence-electron chi connectivity index (χ3n) is 1.58. The molecular weight excluding hydrogens is 140 g/mol. The molecule has 0 heterocycles. The molecule has 11 heavy (non-hydrogen) atoms. The van der Waals surface area contributed by atoms with Crippen molar-refractivity contribution in [1.82, 2.24) is 0 Å². The van der Waals surface area contributed by atoms with Gasteiger partial charge in [0.05, 0.1) is 6.10 Å². The Balaban J connectivity index is 3.35. The van der Waals surface area contributed by atoms with Crippen molar-refractivity contribution in [3.8, 4) is 0 Å². The van der Waals surface area contributed by atoms with E-state index in [9.17, 15) is 4.79 Å². The zero-order valence-corrected chi connectivity index (χ0v) is 7.30. The molecule has 0 aromatic rings. The molecule has 0 aromatic carbocycles. The van der Waals surface area contributed by atoms with Gasteiger partial charge in [-0.15, -0.1) is 6.58 Å². The monoisotopic (exact) mass is 156 g/mol. The highest BCUT2D eigenvalue weighted by molar-refractivity contribution is 5.75. The molecule has 0 N–H and O–H groups in total. The molecule has 0 fully saturated rings. The molecule has 0 spiro atoms. The van der Waals surface area contributed by atoms with Gasteiger partial charge in [-0.1, -0.05) is 6.08 Å². The second kappa shape index (κ2) is 6.10. The summed E-state index contributed by atoms with van der Waals surface area (Å²) in [5.41, 5.74) is 0. The Morgan fingerprint density at radius 3 is 2.73 bits per heavy atom. The molecule has 1 atom stereocenters. The van der Waals surface area contributed by atoms with E-state index in [-0.39, 0.29) is 11.9 Å². The van der Waals surface area contributed by atoms with Gasteiger partial charge in [-0.05, 0) is 19.8 Å². The van der Waals surface area contributed by atoms with E-state index in [2.05, 4.69) is 6.58 Å². The Labute approximate surface area is 68.2 Å². The Hall–Kier alpha value is -0.630. The summed E-state index contributed by atoms with van der Waals surface area (Å²) < 4.78 is 5.05. The fourth-order valence-electron chi connectivity index (χ4n) is 0.884. The first-order valence-electron chi connectivity index (χ1n) is 3.85. The quantitative estimate of drug-likeness (QED) is 0.549. The molecule has 0 radical (unpaired) electrons. The van der Waals surface area contributed by atoms with E-state index in [1.807, 2.05) is 0 Å². The van der Waals surface area contributed by atoms with Crippen molar-refractivity contribution in [2.75, 3.05) is 7.11 Å². The highest BCUT2D eigenvalue weighted by Crippen LogP contribution is 2.04. The predicted molar refractivity (Wildman–Crippen MR) is 45.5 cm³/mol. The van der Waals surface area contributed by atoms with Gasteiger partial charge in [-0.25, -0.2) is 0 Å². The second-order valence-corrected chi connectivity index (χ2v) is 2.60. The SMILES string of the molecule is C=CC(CCCC(C)=O)OC. The molecule has 2 heteroatoms. The third kappa shape index (κ3) is 5.80. The standard InChI is InChI=1S/C9H16O2/c1-4-9(11-3)7-5-6-8(2)10/h4,9H,1,5-7H2,2-3H3. The fourth-order valence-corrected chi connectivity index (χ4v) is 0.884. The number of Topliss-reactive ketones (excluding diaryl/α,β-unsaturated/α-hetero) is 1. The summed E-state index contributed by atoms with van der Waals surface area (Å²) >= 11 is 0. The van der Waals surface area contributed by atoms with Crippen LogP contribution in [0.4, 0.5) is 0 Å². The molecule has 0 aromatic heterocycles. The minimum Gasteiger partial charge on any atom is -0.377 e. The largest absolute Gasteiger partial charge is 0.377 e. The van der Waals surface area contributed by atoms with Gasteiger partial charge < -0.3 is 9.53 Å². The number of ketones is 1. The zero-order valence-electron chi connectivity index (χ0n) is 7.30. The van der Waals surface area contributed by atoms with E-state index < -0.39 is 0 Å². The summed E-state index contributed by atoms with van der Waals surface area (Å²) in [5.74, 6) is 0.240. The minimum atomic E-state index is 0.106. The molecule has 0 bridgehead atoms. The van der Waals surface area contributed by atoms with Crippen LogP contribution in [0.15, 0.2) is 12.7 Å². The van der Waals surface area contributed by atoms with Crippen molar-refractivity contribution in [2.45, 2.75) is 32.3 Å². The summed E-state index contributed by atoms with van der Waals surface area (Å²) in [6.07, 6.45) is 4.29. The van der Waals surface area contributed by atoms with Gasteiger partial charge in [-0.2, -0.15) is 0 Å². The average Bonchev–Trinajstić information content (AvgIpc) is 1.98. The summed E-state index contributed by atoms with van der Waals surface area (Å²) in [7, 11) is 1.65. The van der Waals surface area contributed by atoms with Crippen LogP contribution >= 0.6 is 0 Å². The summed E-state index contributed by atoms with van der Waals surface area (Å²) in [6, 6.07) is 0.